The Balaban J connectivity index is 1.98. The van der Waals surface area contributed by atoms with Gasteiger partial charge in [-0.1, -0.05) is 24.3 Å². The average Bonchev–Trinajstić information content (AvgIpc) is 2.48. The van der Waals surface area contributed by atoms with Crippen LogP contribution in [-0.4, -0.2) is 40.1 Å². The highest BCUT2D eigenvalue weighted by atomic mass is 16.3. The summed E-state index contributed by atoms with van der Waals surface area (Å²) in [6, 6.07) is 7.53. The van der Waals surface area contributed by atoms with E-state index in [1.54, 1.807) is 11.1 Å². The monoisotopic (exact) mass is 271 g/mol. The van der Waals surface area contributed by atoms with Crippen molar-refractivity contribution in [2.45, 2.75) is 18.9 Å². The maximum Gasteiger partial charge on any atom is 0.256 e. The molecule has 1 saturated heterocycles. The molecule has 0 saturated carbocycles. The first-order chi connectivity index (χ1) is 9.66. The van der Waals surface area contributed by atoms with E-state index in [0.29, 0.717) is 37.3 Å². The van der Waals surface area contributed by atoms with Crippen molar-refractivity contribution in [3.05, 3.63) is 36.0 Å². The highest BCUT2D eigenvalue weighted by Gasteiger charge is 2.24. The fourth-order valence-electron chi connectivity index (χ4n) is 2.62. The Bertz CT molecular complexity index is 649. The molecule has 1 aliphatic heterocycles. The van der Waals surface area contributed by atoms with E-state index >= 15 is 0 Å². The number of carbonyl (C=O) groups is 1. The number of amides is 1. The van der Waals surface area contributed by atoms with Crippen LogP contribution in [-0.2, 0) is 0 Å². The normalized spacial score (nSPS) is 16.6. The lowest BCUT2D eigenvalue weighted by Gasteiger charge is -2.29. The minimum absolute atomic E-state index is 0.0411. The fraction of sp³-hybridized carbons (Fsp3) is 0.333. The molecule has 0 unspecified atom stereocenters. The van der Waals surface area contributed by atoms with Gasteiger partial charge in [-0.15, -0.1) is 0 Å². The summed E-state index contributed by atoms with van der Waals surface area (Å²) in [6.45, 7) is 1.16. The molecule has 5 heteroatoms. The van der Waals surface area contributed by atoms with E-state index in [-0.39, 0.29) is 12.0 Å². The summed E-state index contributed by atoms with van der Waals surface area (Å²) in [6.07, 6.45) is 2.52. The van der Waals surface area contributed by atoms with Gasteiger partial charge >= 0.3 is 0 Å². The summed E-state index contributed by atoms with van der Waals surface area (Å²) >= 11 is 0. The number of aliphatic hydroxyl groups excluding tert-OH is 1. The molecule has 3 N–H and O–H groups in total. The summed E-state index contributed by atoms with van der Waals surface area (Å²) in [5, 5.41) is 11.2. The van der Waals surface area contributed by atoms with Crippen LogP contribution in [0.2, 0.25) is 0 Å². The van der Waals surface area contributed by atoms with Gasteiger partial charge in [0.25, 0.3) is 5.91 Å². The van der Waals surface area contributed by atoms with E-state index in [1.165, 1.54) is 0 Å². The van der Waals surface area contributed by atoms with Crippen LogP contribution in [0.15, 0.2) is 30.5 Å². The Kier molecular flexibility index (Phi) is 3.28. The second kappa shape index (κ2) is 5.09. The Labute approximate surface area is 117 Å². The molecular weight excluding hydrogens is 254 g/mol. The first kappa shape index (κ1) is 12.9. The number of pyridine rings is 1. The zero-order valence-corrected chi connectivity index (χ0v) is 11.1. The standard InChI is InChI=1S/C15H17N3O2/c16-14-12-4-2-1-3-11(12)13(9-17-14)15(20)18-7-5-10(19)6-8-18/h1-4,9-10,19H,5-8H2,(H2,16,17). The Morgan fingerprint density at radius 1 is 1.25 bits per heavy atom. The number of piperidine rings is 1. The largest absolute Gasteiger partial charge is 0.393 e. The SMILES string of the molecule is Nc1ncc(C(=O)N2CCC(O)CC2)c2ccccc12. The Hall–Kier alpha value is -2.14. The lowest BCUT2D eigenvalue weighted by molar-refractivity contribution is 0.0548. The van der Waals surface area contributed by atoms with E-state index in [1.807, 2.05) is 24.3 Å². The first-order valence-electron chi connectivity index (χ1n) is 6.77. The van der Waals surface area contributed by atoms with Crippen molar-refractivity contribution in [2.24, 2.45) is 0 Å². The molecule has 1 aliphatic rings. The number of fused-ring (bicyclic) bond motifs is 1. The number of likely N-dealkylation sites (tertiary alicyclic amines) is 1. The van der Waals surface area contributed by atoms with Crippen molar-refractivity contribution in [2.75, 3.05) is 18.8 Å². The molecule has 104 valence electrons. The number of nitrogens with two attached hydrogens (primary N) is 1. The Morgan fingerprint density at radius 3 is 2.60 bits per heavy atom. The van der Waals surface area contributed by atoms with E-state index in [9.17, 15) is 9.90 Å². The van der Waals surface area contributed by atoms with Crippen molar-refractivity contribution in [1.29, 1.82) is 0 Å². The molecule has 20 heavy (non-hydrogen) atoms. The second-order valence-electron chi connectivity index (χ2n) is 5.13. The number of hydrogen-bond donors (Lipinski definition) is 2. The predicted molar refractivity (Wildman–Crippen MR) is 77.3 cm³/mol. The highest BCUT2D eigenvalue weighted by Crippen LogP contribution is 2.24. The average molecular weight is 271 g/mol. The molecule has 1 aromatic carbocycles. The molecule has 0 atom stereocenters. The highest BCUT2D eigenvalue weighted by molar-refractivity contribution is 6.08. The van der Waals surface area contributed by atoms with Crippen molar-refractivity contribution in [1.82, 2.24) is 9.88 Å². The number of aromatic nitrogens is 1. The topological polar surface area (TPSA) is 79.5 Å². The van der Waals surface area contributed by atoms with Gasteiger partial charge in [0.05, 0.1) is 11.7 Å². The van der Waals surface area contributed by atoms with Gasteiger partial charge in [-0.2, -0.15) is 0 Å². The van der Waals surface area contributed by atoms with Gasteiger partial charge in [0.1, 0.15) is 5.82 Å². The van der Waals surface area contributed by atoms with E-state index in [2.05, 4.69) is 4.98 Å². The fourth-order valence-corrected chi connectivity index (χ4v) is 2.62. The number of nitrogens with zero attached hydrogens (tertiary/aromatic N) is 2. The molecule has 1 fully saturated rings. The van der Waals surface area contributed by atoms with Crippen LogP contribution in [0, 0.1) is 0 Å². The number of benzene rings is 1. The molecule has 1 amide bonds. The summed E-state index contributed by atoms with van der Waals surface area (Å²) in [5.41, 5.74) is 6.43. The first-order valence-corrected chi connectivity index (χ1v) is 6.77. The number of anilines is 1. The summed E-state index contributed by atoms with van der Waals surface area (Å²) in [7, 11) is 0. The lowest BCUT2D eigenvalue weighted by Crippen LogP contribution is -2.40. The van der Waals surface area contributed by atoms with Gasteiger partial charge in [-0.3, -0.25) is 4.79 Å². The number of aliphatic hydroxyl groups is 1. The zero-order chi connectivity index (χ0) is 14.1. The molecule has 0 spiro atoms. The van der Waals surface area contributed by atoms with Crippen LogP contribution in [0.4, 0.5) is 5.82 Å². The molecule has 0 bridgehead atoms. The zero-order valence-electron chi connectivity index (χ0n) is 11.1. The van der Waals surface area contributed by atoms with Gasteiger partial charge in [-0.25, -0.2) is 4.98 Å². The van der Waals surface area contributed by atoms with Gasteiger partial charge in [0, 0.05) is 24.7 Å². The number of hydrogen-bond acceptors (Lipinski definition) is 4. The van der Waals surface area contributed by atoms with Crippen LogP contribution in [0.3, 0.4) is 0 Å². The third kappa shape index (κ3) is 2.20. The summed E-state index contributed by atoms with van der Waals surface area (Å²) in [5.74, 6) is 0.395. The third-order valence-electron chi connectivity index (χ3n) is 3.81. The maximum absolute atomic E-state index is 12.6. The summed E-state index contributed by atoms with van der Waals surface area (Å²) < 4.78 is 0. The number of rotatable bonds is 1. The van der Waals surface area contributed by atoms with Gasteiger partial charge in [0.2, 0.25) is 0 Å². The van der Waals surface area contributed by atoms with Crippen LogP contribution >= 0.6 is 0 Å². The second-order valence-corrected chi connectivity index (χ2v) is 5.13. The van der Waals surface area contributed by atoms with Crippen molar-refractivity contribution >= 4 is 22.5 Å². The van der Waals surface area contributed by atoms with Gasteiger partial charge < -0.3 is 15.7 Å². The number of carbonyl (C=O) groups excluding carboxylic acids is 1. The van der Waals surface area contributed by atoms with Gasteiger partial charge in [0.15, 0.2) is 0 Å². The molecule has 3 rings (SSSR count). The molecular formula is C15H17N3O2. The maximum atomic E-state index is 12.6. The minimum atomic E-state index is -0.291. The molecule has 0 radical (unpaired) electrons. The van der Waals surface area contributed by atoms with E-state index in [0.717, 1.165) is 10.8 Å². The number of nitrogen functional groups attached to an aromatic ring is 1. The minimum Gasteiger partial charge on any atom is -0.393 e. The Morgan fingerprint density at radius 2 is 1.90 bits per heavy atom. The molecule has 2 heterocycles. The molecule has 0 aliphatic carbocycles. The van der Waals surface area contributed by atoms with Crippen LogP contribution in [0.25, 0.3) is 10.8 Å². The summed E-state index contributed by atoms with van der Waals surface area (Å²) in [4.78, 5) is 18.5. The van der Waals surface area contributed by atoms with Crippen molar-refractivity contribution in [3.8, 4) is 0 Å². The predicted octanol–water partition coefficient (Wildman–Crippen LogP) is 1.41. The third-order valence-corrected chi connectivity index (χ3v) is 3.81. The van der Waals surface area contributed by atoms with Gasteiger partial charge in [-0.05, 0) is 18.2 Å². The lowest BCUT2D eigenvalue weighted by atomic mass is 10.0. The van der Waals surface area contributed by atoms with Crippen LogP contribution < -0.4 is 5.73 Å². The quantitative estimate of drug-likeness (QED) is 0.822. The molecule has 2 aromatic rings. The van der Waals surface area contributed by atoms with Crippen molar-refractivity contribution < 1.29 is 9.90 Å². The van der Waals surface area contributed by atoms with Crippen molar-refractivity contribution in [3.63, 3.8) is 0 Å². The smallest absolute Gasteiger partial charge is 0.256 e. The van der Waals surface area contributed by atoms with Crippen LogP contribution in [0.1, 0.15) is 23.2 Å². The molecule has 1 aromatic heterocycles. The van der Waals surface area contributed by atoms with Crippen LogP contribution in [0.5, 0.6) is 0 Å². The van der Waals surface area contributed by atoms with E-state index < -0.39 is 0 Å². The molecule has 5 nitrogen and oxygen atoms in total. The van der Waals surface area contributed by atoms with E-state index in [4.69, 9.17) is 5.73 Å².